The van der Waals surface area contributed by atoms with Crippen LogP contribution in [0.5, 0.6) is 0 Å². The average molecular weight is 235 g/mol. The molecule has 2 aromatic rings. The number of halogens is 1. The molecule has 0 aliphatic carbocycles. The standard InChI is InChI=1S/C13H15ClN2/c1-13(2,3)16-9-11(8-15-16)10-5-4-6-12(14)7-10/h4-9H,1-3H3. The lowest BCUT2D eigenvalue weighted by molar-refractivity contribution is 0.355. The summed E-state index contributed by atoms with van der Waals surface area (Å²) >= 11 is 5.96. The van der Waals surface area contributed by atoms with Crippen LogP contribution in [0.1, 0.15) is 20.8 Å². The van der Waals surface area contributed by atoms with Gasteiger partial charge in [0.15, 0.2) is 0 Å². The molecule has 1 heterocycles. The van der Waals surface area contributed by atoms with Crippen LogP contribution in [-0.4, -0.2) is 9.78 Å². The highest BCUT2D eigenvalue weighted by Gasteiger charge is 2.14. The van der Waals surface area contributed by atoms with Crippen molar-refractivity contribution in [2.75, 3.05) is 0 Å². The minimum atomic E-state index is 0.0107. The van der Waals surface area contributed by atoms with Crippen LogP contribution in [-0.2, 0) is 5.54 Å². The first-order chi connectivity index (χ1) is 7.47. The molecule has 0 unspecified atom stereocenters. The van der Waals surface area contributed by atoms with Gasteiger partial charge in [0.05, 0.1) is 11.7 Å². The van der Waals surface area contributed by atoms with Crippen molar-refractivity contribution in [3.8, 4) is 11.1 Å². The SMILES string of the molecule is CC(C)(C)n1cc(-c2cccc(Cl)c2)cn1. The van der Waals surface area contributed by atoms with E-state index < -0.39 is 0 Å². The third-order valence-electron chi connectivity index (χ3n) is 2.43. The summed E-state index contributed by atoms with van der Waals surface area (Å²) in [5.74, 6) is 0. The highest BCUT2D eigenvalue weighted by Crippen LogP contribution is 2.24. The lowest BCUT2D eigenvalue weighted by Gasteiger charge is -2.18. The van der Waals surface area contributed by atoms with E-state index in [1.54, 1.807) is 0 Å². The van der Waals surface area contributed by atoms with Crippen LogP contribution in [0, 0.1) is 0 Å². The van der Waals surface area contributed by atoms with Gasteiger partial charge in [-0.15, -0.1) is 0 Å². The Kier molecular flexibility index (Phi) is 2.76. The summed E-state index contributed by atoms with van der Waals surface area (Å²) in [6.07, 6.45) is 3.92. The second-order valence-corrected chi connectivity index (χ2v) is 5.29. The Morgan fingerprint density at radius 2 is 1.94 bits per heavy atom. The summed E-state index contributed by atoms with van der Waals surface area (Å²) < 4.78 is 1.96. The second kappa shape index (κ2) is 3.95. The fourth-order valence-electron chi connectivity index (χ4n) is 1.51. The van der Waals surface area contributed by atoms with Gasteiger partial charge in [-0.3, -0.25) is 4.68 Å². The molecule has 0 aliphatic heterocycles. The van der Waals surface area contributed by atoms with Crippen molar-refractivity contribution in [3.05, 3.63) is 41.7 Å². The van der Waals surface area contributed by atoms with E-state index in [1.807, 2.05) is 41.3 Å². The molecule has 0 atom stereocenters. The maximum Gasteiger partial charge on any atom is 0.0568 e. The number of benzene rings is 1. The van der Waals surface area contributed by atoms with Crippen molar-refractivity contribution >= 4 is 11.6 Å². The Bertz CT molecular complexity index is 495. The molecule has 0 aliphatic rings. The molecule has 16 heavy (non-hydrogen) atoms. The molecule has 1 aromatic carbocycles. The van der Waals surface area contributed by atoms with Crippen LogP contribution in [0.3, 0.4) is 0 Å². The molecule has 0 N–H and O–H groups in total. The number of hydrogen-bond donors (Lipinski definition) is 0. The number of hydrogen-bond acceptors (Lipinski definition) is 1. The van der Waals surface area contributed by atoms with Gasteiger partial charge in [-0.1, -0.05) is 23.7 Å². The number of aromatic nitrogens is 2. The van der Waals surface area contributed by atoms with Gasteiger partial charge in [0.25, 0.3) is 0 Å². The highest BCUT2D eigenvalue weighted by atomic mass is 35.5. The molecular weight excluding hydrogens is 220 g/mol. The first-order valence-electron chi connectivity index (χ1n) is 5.28. The minimum absolute atomic E-state index is 0.0107. The van der Waals surface area contributed by atoms with Crippen LogP contribution < -0.4 is 0 Å². The maximum absolute atomic E-state index is 5.96. The van der Waals surface area contributed by atoms with Crippen molar-refractivity contribution in [2.45, 2.75) is 26.3 Å². The summed E-state index contributed by atoms with van der Waals surface area (Å²) in [7, 11) is 0. The molecule has 1 aromatic heterocycles. The lowest BCUT2D eigenvalue weighted by atomic mass is 10.1. The predicted octanol–water partition coefficient (Wildman–Crippen LogP) is 3.96. The zero-order chi connectivity index (χ0) is 11.8. The van der Waals surface area contributed by atoms with Crippen molar-refractivity contribution in [3.63, 3.8) is 0 Å². The van der Waals surface area contributed by atoms with E-state index in [9.17, 15) is 0 Å². The Hall–Kier alpha value is -1.28. The summed E-state index contributed by atoms with van der Waals surface area (Å²) in [5.41, 5.74) is 2.21. The summed E-state index contributed by atoms with van der Waals surface area (Å²) in [6, 6.07) is 7.81. The minimum Gasteiger partial charge on any atom is -0.267 e. The quantitative estimate of drug-likeness (QED) is 0.730. The van der Waals surface area contributed by atoms with Gasteiger partial charge in [-0.2, -0.15) is 5.10 Å². The summed E-state index contributed by atoms with van der Waals surface area (Å²) in [5, 5.41) is 5.12. The van der Waals surface area contributed by atoms with Crippen LogP contribution in [0.2, 0.25) is 5.02 Å². The van der Waals surface area contributed by atoms with Crippen molar-refractivity contribution < 1.29 is 0 Å². The maximum atomic E-state index is 5.96. The molecule has 0 fully saturated rings. The van der Waals surface area contributed by atoms with Gasteiger partial charge in [-0.05, 0) is 38.5 Å². The molecule has 84 valence electrons. The third kappa shape index (κ3) is 2.27. The molecule has 0 radical (unpaired) electrons. The fourth-order valence-corrected chi connectivity index (χ4v) is 1.70. The van der Waals surface area contributed by atoms with Gasteiger partial charge in [0, 0.05) is 16.8 Å². The number of rotatable bonds is 1. The Morgan fingerprint density at radius 1 is 1.19 bits per heavy atom. The van der Waals surface area contributed by atoms with Crippen LogP contribution in [0.4, 0.5) is 0 Å². The Balaban J connectivity index is 2.39. The summed E-state index contributed by atoms with van der Waals surface area (Å²) in [6.45, 7) is 6.38. The predicted molar refractivity (Wildman–Crippen MR) is 67.7 cm³/mol. The third-order valence-corrected chi connectivity index (χ3v) is 2.66. The van der Waals surface area contributed by atoms with Crippen molar-refractivity contribution in [1.82, 2.24) is 9.78 Å². The molecule has 0 bridgehead atoms. The molecule has 3 heteroatoms. The molecule has 0 saturated heterocycles. The lowest BCUT2D eigenvalue weighted by Crippen LogP contribution is -2.21. The average Bonchev–Trinajstić information content (AvgIpc) is 2.65. The van der Waals surface area contributed by atoms with Gasteiger partial charge < -0.3 is 0 Å². The molecule has 2 nitrogen and oxygen atoms in total. The molecule has 0 spiro atoms. The van der Waals surface area contributed by atoms with E-state index in [4.69, 9.17) is 11.6 Å². The van der Waals surface area contributed by atoms with E-state index in [1.165, 1.54) is 0 Å². The number of nitrogens with zero attached hydrogens (tertiary/aromatic N) is 2. The van der Waals surface area contributed by atoms with E-state index in [0.717, 1.165) is 16.1 Å². The fraction of sp³-hybridized carbons (Fsp3) is 0.308. The summed E-state index contributed by atoms with van der Waals surface area (Å²) in [4.78, 5) is 0. The smallest absolute Gasteiger partial charge is 0.0568 e. The van der Waals surface area contributed by atoms with Crippen LogP contribution in [0.15, 0.2) is 36.7 Å². The zero-order valence-corrected chi connectivity index (χ0v) is 10.5. The highest BCUT2D eigenvalue weighted by molar-refractivity contribution is 6.30. The van der Waals surface area contributed by atoms with E-state index in [-0.39, 0.29) is 5.54 Å². The zero-order valence-electron chi connectivity index (χ0n) is 9.74. The Labute approximate surface area is 101 Å². The van der Waals surface area contributed by atoms with E-state index in [2.05, 4.69) is 25.9 Å². The van der Waals surface area contributed by atoms with Gasteiger partial charge >= 0.3 is 0 Å². The normalized spacial score (nSPS) is 11.8. The molecular formula is C13H15ClN2. The molecule has 0 saturated carbocycles. The van der Waals surface area contributed by atoms with E-state index in [0.29, 0.717) is 0 Å². The second-order valence-electron chi connectivity index (χ2n) is 4.85. The van der Waals surface area contributed by atoms with Crippen LogP contribution >= 0.6 is 11.6 Å². The molecule has 2 rings (SSSR count). The monoisotopic (exact) mass is 234 g/mol. The first-order valence-corrected chi connectivity index (χ1v) is 5.66. The van der Waals surface area contributed by atoms with Gasteiger partial charge in [0.1, 0.15) is 0 Å². The topological polar surface area (TPSA) is 17.8 Å². The van der Waals surface area contributed by atoms with Gasteiger partial charge in [-0.25, -0.2) is 0 Å². The Morgan fingerprint density at radius 3 is 2.50 bits per heavy atom. The van der Waals surface area contributed by atoms with Gasteiger partial charge in [0.2, 0.25) is 0 Å². The van der Waals surface area contributed by atoms with Crippen molar-refractivity contribution in [2.24, 2.45) is 0 Å². The van der Waals surface area contributed by atoms with E-state index >= 15 is 0 Å². The molecule has 0 amide bonds. The first kappa shape index (κ1) is 11.2. The largest absolute Gasteiger partial charge is 0.267 e. The van der Waals surface area contributed by atoms with Crippen molar-refractivity contribution in [1.29, 1.82) is 0 Å². The van der Waals surface area contributed by atoms with Crippen LogP contribution in [0.25, 0.3) is 11.1 Å².